The Hall–Kier alpha value is -2.90. The number of nitrogens with one attached hydrogen (secondary N) is 1. The number of nitrogens with zero attached hydrogens (tertiary/aromatic N) is 2. The van der Waals surface area contributed by atoms with Crippen LogP contribution in [0.4, 0.5) is 10.4 Å². The zero-order chi connectivity index (χ0) is 15.4. The van der Waals surface area contributed by atoms with E-state index in [1.807, 2.05) is 0 Å². The summed E-state index contributed by atoms with van der Waals surface area (Å²) in [7, 11) is 0. The van der Waals surface area contributed by atoms with Gasteiger partial charge in [0.25, 0.3) is 5.89 Å². The highest BCUT2D eigenvalue weighted by Crippen LogP contribution is 2.19. The maximum Gasteiger partial charge on any atom is 0.322 e. The lowest BCUT2D eigenvalue weighted by Crippen LogP contribution is -2.14. The first-order valence-electron chi connectivity index (χ1n) is 6.53. The lowest BCUT2D eigenvalue weighted by Gasteiger charge is -2.11. The molecular formula is C14H12FN3O4. The molecule has 1 amide bonds. The second kappa shape index (κ2) is 6.25. The Labute approximate surface area is 124 Å². The normalized spacial score (nSPS) is 13.8. The van der Waals surface area contributed by atoms with Crippen molar-refractivity contribution in [3.8, 4) is 0 Å². The molecule has 0 saturated carbocycles. The van der Waals surface area contributed by atoms with Crippen molar-refractivity contribution in [1.29, 1.82) is 0 Å². The van der Waals surface area contributed by atoms with Crippen LogP contribution in [0.25, 0.3) is 5.76 Å². The van der Waals surface area contributed by atoms with E-state index in [0.29, 0.717) is 24.5 Å². The first-order valence-corrected chi connectivity index (χ1v) is 6.53. The van der Waals surface area contributed by atoms with Crippen molar-refractivity contribution in [3.05, 3.63) is 47.8 Å². The molecule has 0 bridgehead atoms. The van der Waals surface area contributed by atoms with E-state index in [-0.39, 0.29) is 30.1 Å². The van der Waals surface area contributed by atoms with Crippen molar-refractivity contribution in [1.82, 2.24) is 10.2 Å². The highest BCUT2D eigenvalue weighted by molar-refractivity contribution is 5.90. The predicted octanol–water partition coefficient (Wildman–Crippen LogP) is 1.74. The number of halogens is 1. The van der Waals surface area contributed by atoms with Gasteiger partial charge in [-0.05, 0) is 17.7 Å². The SMILES string of the molecule is O=C(Cc1ccc(F)cc1)Nc1nnc(C2=COCCO2)o1. The topological polar surface area (TPSA) is 86.5 Å². The van der Waals surface area contributed by atoms with Crippen LogP contribution >= 0.6 is 0 Å². The monoisotopic (exact) mass is 305 g/mol. The maximum absolute atomic E-state index is 12.8. The number of aromatic nitrogens is 2. The minimum absolute atomic E-state index is 0.0443. The Morgan fingerprint density at radius 3 is 2.77 bits per heavy atom. The van der Waals surface area contributed by atoms with E-state index < -0.39 is 0 Å². The number of rotatable bonds is 4. The van der Waals surface area contributed by atoms with Gasteiger partial charge >= 0.3 is 6.01 Å². The molecule has 1 aliphatic heterocycles. The predicted molar refractivity (Wildman–Crippen MR) is 72.9 cm³/mol. The molecule has 0 spiro atoms. The van der Waals surface area contributed by atoms with Gasteiger partial charge in [0.05, 0.1) is 6.42 Å². The van der Waals surface area contributed by atoms with E-state index >= 15 is 0 Å². The molecule has 3 rings (SSSR count). The van der Waals surface area contributed by atoms with Crippen LogP contribution in [0, 0.1) is 5.82 Å². The number of amides is 1. The highest BCUT2D eigenvalue weighted by atomic mass is 19.1. The van der Waals surface area contributed by atoms with Gasteiger partial charge in [0.2, 0.25) is 11.7 Å². The summed E-state index contributed by atoms with van der Waals surface area (Å²) in [4.78, 5) is 11.8. The first-order chi connectivity index (χ1) is 10.7. The van der Waals surface area contributed by atoms with Crippen molar-refractivity contribution >= 4 is 17.7 Å². The number of anilines is 1. The van der Waals surface area contributed by atoms with Crippen LogP contribution in [0.5, 0.6) is 0 Å². The largest absolute Gasteiger partial charge is 0.494 e. The average Bonchev–Trinajstić information content (AvgIpc) is 2.99. The van der Waals surface area contributed by atoms with Gasteiger partial charge in [-0.25, -0.2) is 4.39 Å². The van der Waals surface area contributed by atoms with Gasteiger partial charge in [-0.1, -0.05) is 17.2 Å². The minimum Gasteiger partial charge on any atom is -0.494 e. The lowest BCUT2D eigenvalue weighted by atomic mass is 10.1. The minimum atomic E-state index is -0.353. The van der Waals surface area contributed by atoms with E-state index in [1.165, 1.54) is 30.5 Å². The number of hydrogen-bond donors (Lipinski definition) is 1. The quantitative estimate of drug-likeness (QED) is 0.926. The van der Waals surface area contributed by atoms with Gasteiger partial charge in [-0.2, -0.15) is 0 Å². The fourth-order valence-electron chi connectivity index (χ4n) is 1.80. The van der Waals surface area contributed by atoms with Crippen LogP contribution in [-0.4, -0.2) is 29.3 Å². The van der Waals surface area contributed by atoms with Crippen LogP contribution in [0.2, 0.25) is 0 Å². The Bertz CT molecular complexity index is 696. The highest BCUT2D eigenvalue weighted by Gasteiger charge is 2.17. The zero-order valence-electron chi connectivity index (χ0n) is 11.4. The van der Waals surface area contributed by atoms with E-state index in [0.717, 1.165) is 0 Å². The summed E-state index contributed by atoms with van der Waals surface area (Å²) in [5.74, 6) is -0.264. The number of ether oxygens (including phenoxy) is 2. The van der Waals surface area contributed by atoms with Crippen molar-refractivity contribution < 1.29 is 23.1 Å². The van der Waals surface area contributed by atoms with Gasteiger partial charge in [-0.3, -0.25) is 10.1 Å². The third-order valence-corrected chi connectivity index (χ3v) is 2.81. The average molecular weight is 305 g/mol. The molecule has 1 aromatic carbocycles. The molecule has 2 heterocycles. The van der Waals surface area contributed by atoms with Crippen LogP contribution in [0.15, 0.2) is 34.9 Å². The third kappa shape index (κ3) is 3.40. The van der Waals surface area contributed by atoms with Crippen LogP contribution in [0.3, 0.4) is 0 Å². The summed E-state index contributed by atoms with van der Waals surface area (Å²) >= 11 is 0. The molecular weight excluding hydrogens is 293 g/mol. The second-order valence-electron chi connectivity index (χ2n) is 4.47. The van der Waals surface area contributed by atoms with E-state index in [1.54, 1.807) is 0 Å². The molecule has 0 saturated heterocycles. The molecule has 0 atom stereocenters. The molecule has 0 aliphatic carbocycles. The Morgan fingerprint density at radius 2 is 2.05 bits per heavy atom. The number of carbonyl (C=O) groups is 1. The molecule has 1 aliphatic rings. The summed E-state index contributed by atoms with van der Waals surface area (Å²) in [6.45, 7) is 0.847. The van der Waals surface area contributed by atoms with E-state index in [4.69, 9.17) is 13.9 Å². The zero-order valence-corrected chi connectivity index (χ0v) is 11.4. The fourth-order valence-corrected chi connectivity index (χ4v) is 1.80. The van der Waals surface area contributed by atoms with Crippen LogP contribution in [-0.2, 0) is 20.7 Å². The smallest absolute Gasteiger partial charge is 0.322 e. The number of carbonyl (C=O) groups excluding carboxylic acids is 1. The molecule has 8 heteroatoms. The summed E-state index contributed by atoms with van der Waals surface area (Å²) in [6.07, 6.45) is 1.45. The molecule has 22 heavy (non-hydrogen) atoms. The molecule has 0 unspecified atom stereocenters. The van der Waals surface area contributed by atoms with Gasteiger partial charge in [0, 0.05) is 0 Å². The lowest BCUT2D eigenvalue weighted by molar-refractivity contribution is -0.115. The Balaban J connectivity index is 1.61. The second-order valence-corrected chi connectivity index (χ2v) is 4.47. The third-order valence-electron chi connectivity index (χ3n) is 2.81. The van der Waals surface area contributed by atoms with Gasteiger partial charge < -0.3 is 13.9 Å². The molecule has 0 fully saturated rings. The summed E-state index contributed by atoms with van der Waals surface area (Å²) in [5, 5.41) is 9.93. The molecule has 0 radical (unpaired) electrons. The van der Waals surface area contributed by atoms with Crippen LogP contribution < -0.4 is 5.32 Å². The van der Waals surface area contributed by atoms with Gasteiger partial charge in [-0.15, -0.1) is 5.10 Å². The summed E-state index contributed by atoms with van der Waals surface area (Å²) in [5.41, 5.74) is 0.672. The van der Waals surface area contributed by atoms with Crippen molar-refractivity contribution in [2.45, 2.75) is 6.42 Å². The molecule has 2 aromatic rings. The summed E-state index contributed by atoms with van der Waals surface area (Å²) in [6, 6.07) is 5.61. The van der Waals surface area contributed by atoms with Crippen molar-refractivity contribution in [2.24, 2.45) is 0 Å². The molecule has 7 nitrogen and oxygen atoms in total. The van der Waals surface area contributed by atoms with Crippen molar-refractivity contribution in [2.75, 3.05) is 18.5 Å². The number of benzene rings is 1. The summed E-state index contributed by atoms with van der Waals surface area (Å²) < 4.78 is 28.4. The van der Waals surface area contributed by atoms with Gasteiger partial charge in [0.15, 0.2) is 0 Å². The maximum atomic E-state index is 12.8. The Kier molecular flexibility index (Phi) is 3.99. The molecule has 114 valence electrons. The first kappa shape index (κ1) is 14.1. The van der Waals surface area contributed by atoms with E-state index in [2.05, 4.69) is 15.5 Å². The number of hydrogen-bond acceptors (Lipinski definition) is 6. The van der Waals surface area contributed by atoms with E-state index in [9.17, 15) is 9.18 Å². The molecule has 1 aromatic heterocycles. The standard InChI is InChI=1S/C14H12FN3O4/c15-10-3-1-9(2-4-10)7-12(19)16-14-18-17-13(22-14)11-8-20-5-6-21-11/h1-4,8H,5-7H2,(H,16,18,19). The van der Waals surface area contributed by atoms with Gasteiger partial charge in [0.1, 0.15) is 25.3 Å². The Morgan fingerprint density at radius 1 is 1.23 bits per heavy atom. The fraction of sp³-hybridized carbons (Fsp3) is 0.214. The molecule has 1 N–H and O–H groups in total. The van der Waals surface area contributed by atoms with Crippen LogP contribution in [0.1, 0.15) is 11.5 Å². The van der Waals surface area contributed by atoms with Crippen molar-refractivity contribution in [3.63, 3.8) is 0 Å².